The second-order valence-electron chi connectivity index (χ2n) is 13.1. The zero-order chi connectivity index (χ0) is 35.9. The SMILES string of the molecule is CC(C)Cc1cc2c(-c3ccccc3C(F)(F)F)cccc2[cH-]1.CC(C)Cc1cc2c(-c3ccccc3C(F)(F)F)cccc2[cH-]1.C[Si]C.[Zr+2]. The van der Waals surface area contributed by atoms with E-state index in [4.69, 9.17) is 0 Å². The van der Waals surface area contributed by atoms with Crippen molar-refractivity contribution in [3.05, 3.63) is 131 Å². The van der Waals surface area contributed by atoms with Crippen molar-refractivity contribution in [3.63, 3.8) is 0 Å². The Hall–Kier alpha value is -3.22. The van der Waals surface area contributed by atoms with Crippen molar-refractivity contribution in [1.82, 2.24) is 0 Å². The first-order valence-corrected chi connectivity index (χ1v) is 18.4. The summed E-state index contributed by atoms with van der Waals surface area (Å²) in [7, 11) is 1.08. The van der Waals surface area contributed by atoms with Crippen LogP contribution < -0.4 is 0 Å². The molecule has 8 heteroatoms. The van der Waals surface area contributed by atoms with Crippen LogP contribution in [0.4, 0.5) is 26.3 Å². The standard InChI is InChI=1S/2C20H18F3.C2H6Si.Zr/c2*1-13(2)10-14-11-15-6-5-8-16(18(15)12-14)17-7-3-4-9-19(17)20(21,22)23;1-3-2;/h2*3-9,11-13H,10H2,1-2H3;1-2H3;/q2*-1;;+2. The predicted molar refractivity (Wildman–Crippen MR) is 195 cm³/mol. The Morgan fingerprint density at radius 3 is 1.16 bits per heavy atom. The molecule has 0 amide bonds. The summed E-state index contributed by atoms with van der Waals surface area (Å²) >= 11 is 0. The van der Waals surface area contributed by atoms with Gasteiger partial charge in [0.15, 0.2) is 0 Å². The Kier molecular flexibility index (Phi) is 14.7. The van der Waals surface area contributed by atoms with Gasteiger partial charge in [0.1, 0.15) is 0 Å². The van der Waals surface area contributed by atoms with E-state index >= 15 is 0 Å². The molecule has 0 bridgehead atoms. The summed E-state index contributed by atoms with van der Waals surface area (Å²) in [6.45, 7) is 12.9. The number of rotatable bonds is 6. The smallest absolute Gasteiger partial charge is 0.166 e. The molecule has 0 N–H and O–H groups in total. The molecule has 0 unspecified atom stereocenters. The van der Waals surface area contributed by atoms with Gasteiger partial charge in [-0.15, -0.1) is 69.1 Å². The van der Waals surface area contributed by atoms with E-state index in [0.29, 0.717) is 23.0 Å². The van der Waals surface area contributed by atoms with Crippen LogP contribution in [0.3, 0.4) is 0 Å². The van der Waals surface area contributed by atoms with Crippen LogP contribution >= 0.6 is 0 Å². The van der Waals surface area contributed by atoms with E-state index in [2.05, 4.69) is 52.9 Å². The number of hydrogen-bond acceptors (Lipinski definition) is 0. The van der Waals surface area contributed by atoms with E-state index in [1.807, 2.05) is 36.4 Å². The zero-order valence-corrected chi connectivity index (χ0v) is 32.7. The fourth-order valence-electron chi connectivity index (χ4n) is 6.17. The van der Waals surface area contributed by atoms with Gasteiger partial charge >= 0.3 is 38.6 Å². The number of alkyl halides is 6. The fraction of sp³-hybridized carbons (Fsp3) is 0.286. The van der Waals surface area contributed by atoms with Crippen LogP contribution in [-0.2, 0) is 51.4 Å². The van der Waals surface area contributed by atoms with Crippen molar-refractivity contribution in [2.45, 2.75) is 66.0 Å². The van der Waals surface area contributed by atoms with E-state index in [1.165, 1.54) is 23.3 Å². The summed E-state index contributed by atoms with van der Waals surface area (Å²) in [5.41, 5.74) is 2.95. The molecule has 0 nitrogen and oxygen atoms in total. The van der Waals surface area contributed by atoms with Gasteiger partial charge in [-0.05, 0) is 47.9 Å². The second-order valence-corrected chi connectivity index (χ2v) is 14.1. The van der Waals surface area contributed by atoms with Crippen molar-refractivity contribution < 1.29 is 52.5 Å². The molecule has 0 heterocycles. The Balaban J connectivity index is 0.000000246. The average molecular weight is 780 g/mol. The topological polar surface area (TPSA) is 0 Å². The summed E-state index contributed by atoms with van der Waals surface area (Å²) < 4.78 is 79.9. The predicted octanol–water partition coefficient (Wildman–Crippen LogP) is 13.7. The third-order valence-corrected chi connectivity index (χ3v) is 7.95. The van der Waals surface area contributed by atoms with Crippen LogP contribution in [0, 0.1) is 11.8 Å². The normalized spacial score (nSPS) is 11.6. The molecule has 0 atom stereocenters. The number of benzene rings is 4. The van der Waals surface area contributed by atoms with Crippen LogP contribution in [0.25, 0.3) is 43.8 Å². The van der Waals surface area contributed by atoms with E-state index in [1.54, 1.807) is 36.4 Å². The minimum Gasteiger partial charge on any atom is -0.166 e. The van der Waals surface area contributed by atoms with Gasteiger partial charge in [-0.25, -0.2) is 0 Å². The van der Waals surface area contributed by atoms with Gasteiger partial charge in [0.2, 0.25) is 0 Å². The van der Waals surface area contributed by atoms with Gasteiger partial charge in [0.25, 0.3) is 0 Å². The molecule has 6 aromatic rings. The van der Waals surface area contributed by atoms with Gasteiger partial charge in [-0.2, -0.15) is 38.5 Å². The maximum atomic E-state index is 13.3. The summed E-state index contributed by atoms with van der Waals surface area (Å²) in [4.78, 5) is 0. The monoisotopic (exact) mass is 778 g/mol. The molecule has 0 spiro atoms. The summed E-state index contributed by atoms with van der Waals surface area (Å²) in [6, 6.07) is 30.9. The minimum atomic E-state index is -4.36. The molecule has 0 aliphatic carbocycles. The third-order valence-electron chi connectivity index (χ3n) is 7.95. The number of fused-ring (bicyclic) bond motifs is 2. The molecule has 0 saturated heterocycles. The van der Waals surface area contributed by atoms with Gasteiger partial charge in [-0.3, -0.25) is 0 Å². The van der Waals surface area contributed by atoms with E-state index in [9.17, 15) is 26.3 Å². The molecule has 260 valence electrons. The number of hydrogen-bond donors (Lipinski definition) is 0. The van der Waals surface area contributed by atoms with Crippen molar-refractivity contribution in [2.75, 3.05) is 0 Å². The minimum absolute atomic E-state index is 0. The van der Waals surface area contributed by atoms with Crippen LogP contribution in [0.2, 0.25) is 13.1 Å². The van der Waals surface area contributed by atoms with Crippen molar-refractivity contribution >= 4 is 31.1 Å². The molecular weight excluding hydrogens is 738 g/mol. The first kappa shape index (κ1) is 41.2. The third kappa shape index (κ3) is 10.4. The molecule has 0 aliphatic heterocycles. The van der Waals surface area contributed by atoms with E-state index in [0.717, 1.165) is 56.0 Å². The molecule has 0 aliphatic rings. The van der Waals surface area contributed by atoms with Crippen LogP contribution in [0.15, 0.2) is 109 Å². The Bertz CT molecular complexity index is 1820. The largest absolute Gasteiger partial charge is 2.00 e. The van der Waals surface area contributed by atoms with E-state index in [-0.39, 0.29) is 37.3 Å². The molecule has 0 saturated carbocycles. The Morgan fingerprint density at radius 2 is 0.840 bits per heavy atom. The van der Waals surface area contributed by atoms with Gasteiger partial charge in [-0.1, -0.05) is 100 Å². The van der Waals surface area contributed by atoms with Gasteiger partial charge in [0.05, 0.1) is 11.1 Å². The summed E-state index contributed by atoms with van der Waals surface area (Å²) in [5.74, 6) is 1.02. The van der Waals surface area contributed by atoms with Crippen LogP contribution in [0.1, 0.15) is 49.9 Å². The molecular formula is C42H42F6SiZr. The first-order chi connectivity index (χ1) is 23.1. The van der Waals surface area contributed by atoms with Crippen LogP contribution in [0.5, 0.6) is 0 Å². The van der Waals surface area contributed by atoms with Crippen molar-refractivity contribution in [2.24, 2.45) is 11.8 Å². The average Bonchev–Trinajstić information content (AvgIpc) is 3.63. The molecule has 2 radical (unpaired) electrons. The molecule has 6 aromatic carbocycles. The van der Waals surface area contributed by atoms with E-state index < -0.39 is 23.5 Å². The molecule has 0 fully saturated rings. The van der Waals surface area contributed by atoms with Gasteiger partial charge in [0, 0.05) is 9.52 Å². The summed E-state index contributed by atoms with van der Waals surface area (Å²) in [6.07, 6.45) is -6.86. The number of halogens is 6. The molecule has 50 heavy (non-hydrogen) atoms. The second kappa shape index (κ2) is 17.8. The molecule has 6 rings (SSSR count). The quantitative estimate of drug-likeness (QED) is 0.0897. The maximum Gasteiger partial charge on any atom is 2.00 e. The Morgan fingerprint density at radius 1 is 0.520 bits per heavy atom. The molecule has 0 aromatic heterocycles. The van der Waals surface area contributed by atoms with Crippen molar-refractivity contribution in [1.29, 1.82) is 0 Å². The Labute approximate surface area is 313 Å². The first-order valence-electron chi connectivity index (χ1n) is 16.4. The summed E-state index contributed by atoms with van der Waals surface area (Å²) in [5, 5.41) is 3.77. The zero-order valence-electron chi connectivity index (χ0n) is 29.2. The van der Waals surface area contributed by atoms with Crippen LogP contribution in [-0.4, -0.2) is 9.52 Å². The van der Waals surface area contributed by atoms with Crippen molar-refractivity contribution in [3.8, 4) is 22.3 Å². The van der Waals surface area contributed by atoms with Gasteiger partial charge < -0.3 is 0 Å². The fourth-order valence-corrected chi connectivity index (χ4v) is 6.17. The maximum absolute atomic E-state index is 13.3.